The van der Waals surface area contributed by atoms with Gasteiger partial charge in [0.15, 0.2) is 0 Å². The number of aliphatic hydroxyl groups is 1. The van der Waals surface area contributed by atoms with E-state index in [0.717, 1.165) is 6.08 Å². The quantitative estimate of drug-likeness (QED) is 0.699. The summed E-state index contributed by atoms with van der Waals surface area (Å²) in [5.41, 5.74) is -0.0714. The molecule has 1 atom stereocenters. The maximum atomic E-state index is 10.4. The van der Waals surface area contributed by atoms with Crippen LogP contribution in [-0.2, 0) is 4.79 Å². The van der Waals surface area contributed by atoms with E-state index in [1.807, 2.05) is 0 Å². The molecule has 0 aliphatic carbocycles. The van der Waals surface area contributed by atoms with Gasteiger partial charge in [-0.25, -0.2) is 4.79 Å². The molecule has 17 heavy (non-hydrogen) atoms. The Bertz CT molecular complexity index is 418. The van der Waals surface area contributed by atoms with Gasteiger partial charge >= 0.3 is 5.97 Å². The fourth-order valence-electron chi connectivity index (χ4n) is 1.46. The fourth-order valence-corrected chi connectivity index (χ4v) is 1.46. The van der Waals surface area contributed by atoms with Gasteiger partial charge in [-0.15, -0.1) is 0 Å². The van der Waals surface area contributed by atoms with Crippen molar-refractivity contribution in [3.05, 3.63) is 42.0 Å². The van der Waals surface area contributed by atoms with Crippen molar-refractivity contribution in [1.82, 2.24) is 0 Å². The standard InChI is InChI=1S/C13H16O4/c1-13(2,8-7-11(15)16)12(17)9-3-5-10(14)6-4-9/h3-8,12,14,17H,1-2H3,(H,15,16)/b8-7+/t12-/m0/s1. The second-order valence-electron chi connectivity index (χ2n) is 4.49. The SMILES string of the molecule is CC(C)(/C=C/C(=O)O)[C@@H](O)c1ccc(O)cc1. The van der Waals surface area contributed by atoms with Crippen LogP contribution in [0.5, 0.6) is 5.75 Å². The van der Waals surface area contributed by atoms with Crippen molar-refractivity contribution >= 4 is 5.97 Å². The van der Waals surface area contributed by atoms with Crippen LogP contribution in [-0.4, -0.2) is 21.3 Å². The van der Waals surface area contributed by atoms with Crippen LogP contribution in [0.3, 0.4) is 0 Å². The predicted molar refractivity (Wildman–Crippen MR) is 63.6 cm³/mol. The van der Waals surface area contributed by atoms with E-state index in [2.05, 4.69) is 0 Å². The van der Waals surface area contributed by atoms with Crippen molar-refractivity contribution in [2.45, 2.75) is 20.0 Å². The van der Waals surface area contributed by atoms with Crippen molar-refractivity contribution in [2.75, 3.05) is 0 Å². The molecule has 0 unspecified atom stereocenters. The second-order valence-corrected chi connectivity index (χ2v) is 4.49. The zero-order valence-corrected chi connectivity index (χ0v) is 9.79. The van der Waals surface area contributed by atoms with Gasteiger partial charge in [0.2, 0.25) is 0 Å². The summed E-state index contributed by atoms with van der Waals surface area (Å²) in [4.78, 5) is 10.4. The summed E-state index contributed by atoms with van der Waals surface area (Å²) >= 11 is 0. The number of carboxylic acid groups (broad SMARTS) is 1. The van der Waals surface area contributed by atoms with E-state index >= 15 is 0 Å². The maximum absolute atomic E-state index is 10.4. The first-order valence-corrected chi connectivity index (χ1v) is 5.22. The second kappa shape index (κ2) is 5.01. The summed E-state index contributed by atoms with van der Waals surface area (Å²) in [5.74, 6) is -0.921. The number of hydrogen-bond donors (Lipinski definition) is 3. The monoisotopic (exact) mass is 236 g/mol. The molecule has 4 nitrogen and oxygen atoms in total. The average molecular weight is 236 g/mol. The Kier molecular flexibility index (Phi) is 3.91. The van der Waals surface area contributed by atoms with Crippen LogP contribution in [0.2, 0.25) is 0 Å². The van der Waals surface area contributed by atoms with Crippen molar-refractivity contribution in [2.24, 2.45) is 5.41 Å². The molecule has 0 saturated heterocycles. The first-order valence-electron chi connectivity index (χ1n) is 5.22. The van der Waals surface area contributed by atoms with Gasteiger partial charge in [0.1, 0.15) is 5.75 Å². The Morgan fingerprint density at radius 3 is 2.29 bits per heavy atom. The van der Waals surface area contributed by atoms with E-state index in [-0.39, 0.29) is 5.75 Å². The number of aliphatic carboxylic acids is 1. The van der Waals surface area contributed by atoms with E-state index in [0.29, 0.717) is 5.56 Å². The summed E-state index contributed by atoms with van der Waals surface area (Å²) in [6, 6.07) is 6.18. The normalized spacial score (nSPS) is 13.8. The van der Waals surface area contributed by atoms with Gasteiger partial charge in [-0.2, -0.15) is 0 Å². The third kappa shape index (κ3) is 3.60. The number of phenols is 1. The molecule has 0 aromatic heterocycles. The molecular weight excluding hydrogens is 220 g/mol. The molecule has 3 N–H and O–H groups in total. The number of carboxylic acids is 1. The highest BCUT2D eigenvalue weighted by atomic mass is 16.4. The highest BCUT2D eigenvalue weighted by Crippen LogP contribution is 2.34. The topological polar surface area (TPSA) is 77.8 Å². The zero-order valence-electron chi connectivity index (χ0n) is 9.79. The molecule has 0 bridgehead atoms. The van der Waals surface area contributed by atoms with Crippen molar-refractivity contribution in [1.29, 1.82) is 0 Å². The summed E-state index contributed by atoms with van der Waals surface area (Å²) in [5, 5.41) is 27.8. The third-order valence-electron chi connectivity index (χ3n) is 2.57. The van der Waals surface area contributed by atoms with Gasteiger partial charge in [-0.05, 0) is 17.7 Å². The first-order chi connectivity index (χ1) is 7.83. The fraction of sp³-hybridized carbons (Fsp3) is 0.308. The first kappa shape index (κ1) is 13.3. The van der Waals surface area contributed by atoms with Crippen LogP contribution in [0.15, 0.2) is 36.4 Å². The molecular formula is C13H16O4. The van der Waals surface area contributed by atoms with Gasteiger partial charge in [0, 0.05) is 11.5 Å². The van der Waals surface area contributed by atoms with E-state index in [9.17, 15) is 9.90 Å². The number of hydrogen-bond acceptors (Lipinski definition) is 3. The minimum absolute atomic E-state index is 0.125. The highest BCUT2D eigenvalue weighted by molar-refractivity contribution is 5.79. The number of aliphatic hydroxyl groups excluding tert-OH is 1. The van der Waals surface area contributed by atoms with Crippen LogP contribution in [0.1, 0.15) is 25.5 Å². The van der Waals surface area contributed by atoms with Gasteiger partial charge in [-0.3, -0.25) is 0 Å². The summed E-state index contributed by atoms with van der Waals surface area (Å²) in [7, 11) is 0. The lowest BCUT2D eigenvalue weighted by Gasteiger charge is -2.27. The van der Waals surface area contributed by atoms with Crippen LogP contribution in [0.4, 0.5) is 0 Å². The number of aromatic hydroxyl groups is 1. The molecule has 1 rings (SSSR count). The van der Waals surface area contributed by atoms with E-state index in [1.54, 1.807) is 26.0 Å². The molecule has 0 spiro atoms. The van der Waals surface area contributed by atoms with Gasteiger partial charge in [0.05, 0.1) is 6.10 Å². The van der Waals surface area contributed by atoms with Gasteiger partial charge < -0.3 is 15.3 Å². The molecule has 0 aliphatic heterocycles. The maximum Gasteiger partial charge on any atom is 0.327 e. The lowest BCUT2D eigenvalue weighted by molar-refractivity contribution is -0.131. The van der Waals surface area contributed by atoms with Crippen LogP contribution in [0, 0.1) is 5.41 Å². The minimum Gasteiger partial charge on any atom is -0.508 e. The number of benzene rings is 1. The largest absolute Gasteiger partial charge is 0.508 e. The molecule has 0 aliphatic rings. The molecule has 0 amide bonds. The summed E-state index contributed by atoms with van der Waals surface area (Å²) in [6.07, 6.45) is 1.63. The number of phenolic OH excluding ortho intramolecular Hbond substituents is 1. The number of rotatable bonds is 4. The highest BCUT2D eigenvalue weighted by Gasteiger charge is 2.26. The van der Waals surface area contributed by atoms with Gasteiger partial charge in [0.25, 0.3) is 0 Å². The van der Waals surface area contributed by atoms with E-state index in [4.69, 9.17) is 10.2 Å². The molecule has 0 fully saturated rings. The van der Waals surface area contributed by atoms with E-state index < -0.39 is 17.5 Å². The smallest absolute Gasteiger partial charge is 0.327 e. The molecule has 1 aromatic rings. The predicted octanol–water partition coefficient (Wildman–Crippen LogP) is 2.09. The van der Waals surface area contributed by atoms with Crippen molar-refractivity contribution < 1.29 is 20.1 Å². The molecule has 0 saturated carbocycles. The molecule has 0 radical (unpaired) electrons. The lowest BCUT2D eigenvalue weighted by Crippen LogP contribution is -2.19. The Balaban J connectivity index is 2.91. The Morgan fingerprint density at radius 1 is 1.29 bits per heavy atom. The zero-order chi connectivity index (χ0) is 13.1. The van der Waals surface area contributed by atoms with Crippen LogP contribution in [0.25, 0.3) is 0 Å². The molecule has 92 valence electrons. The van der Waals surface area contributed by atoms with Crippen LogP contribution >= 0.6 is 0 Å². The van der Waals surface area contributed by atoms with Crippen LogP contribution < -0.4 is 0 Å². The average Bonchev–Trinajstić information content (AvgIpc) is 2.27. The number of carbonyl (C=O) groups is 1. The summed E-state index contributed by atoms with van der Waals surface area (Å²) < 4.78 is 0. The van der Waals surface area contributed by atoms with Crippen molar-refractivity contribution in [3.63, 3.8) is 0 Å². The van der Waals surface area contributed by atoms with Gasteiger partial charge in [-0.1, -0.05) is 32.1 Å². The minimum atomic E-state index is -1.05. The molecule has 4 heteroatoms. The third-order valence-corrected chi connectivity index (χ3v) is 2.57. The van der Waals surface area contributed by atoms with Crippen molar-refractivity contribution in [3.8, 4) is 5.75 Å². The Hall–Kier alpha value is -1.81. The molecule has 1 aromatic carbocycles. The lowest BCUT2D eigenvalue weighted by atomic mass is 9.82. The van der Waals surface area contributed by atoms with E-state index in [1.165, 1.54) is 18.2 Å². The molecule has 0 heterocycles. The summed E-state index contributed by atoms with van der Waals surface area (Å²) in [6.45, 7) is 3.48. The Morgan fingerprint density at radius 2 is 1.82 bits per heavy atom. The Labute approximate surface area is 99.8 Å².